The lowest BCUT2D eigenvalue weighted by Crippen LogP contribution is -2.46. The second-order valence-corrected chi connectivity index (χ2v) is 8.83. The van der Waals surface area contributed by atoms with E-state index < -0.39 is 6.10 Å². The molecule has 1 rings (SSSR count). The van der Waals surface area contributed by atoms with Gasteiger partial charge in [0.25, 0.3) is 0 Å². The van der Waals surface area contributed by atoms with Crippen LogP contribution in [0.4, 0.5) is 0 Å². The fraction of sp³-hybridized carbons (Fsp3) is 0.714. The Hall–Kier alpha value is -0.810. The maximum atomic E-state index is 10.1. The summed E-state index contributed by atoms with van der Waals surface area (Å²) in [6.45, 7) is 17.0. The number of β-amino-alcohol motifs (C(OH)–C–C–N with tert-alkyl or cyclic N) is 1. The molecule has 0 aliphatic rings. The number of rotatable bonds is 10. The third kappa shape index (κ3) is 11.0. The van der Waals surface area contributed by atoms with Crippen LogP contribution in [0.1, 0.15) is 52.2 Å². The van der Waals surface area contributed by atoms with Gasteiger partial charge < -0.3 is 19.9 Å². The molecule has 0 aromatic heterocycles. The monoisotopic (exact) mass is 387 g/mol. The van der Waals surface area contributed by atoms with Crippen molar-refractivity contribution in [3.05, 3.63) is 29.3 Å². The predicted octanol–water partition coefficient (Wildman–Crippen LogP) is 4.29. The maximum Gasteiger partial charge on any atom is 0.119 e. The van der Waals surface area contributed by atoms with E-state index in [0.717, 1.165) is 12.2 Å². The van der Waals surface area contributed by atoms with Gasteiger partial charge in [-0.2, -0.15) is 0 Å². The van der Waals surface area contributed by atoms with Crippen LogP contribution in [0, 0.1) is 19.3 Å². The first-order valence-electron chi connectivity index (χ1n) is 9.19. The molecule has 0 fully saturated rings. The first kappa shape index (κ1) is 25.2. The lowest BCUT2D eigenvalue weighted by molar-refractivity contribution is 0.0211. The summed E-state index contributed by atoms with van der Waals surface area (Å²) in [6, 6.07) is 6.06. The molecule has 0 heterocycles. The minimum atomic E-state index is -0.513. The van der Waals surface area contributed by atoms with E-state index in [1.807, 2.05) is 12.1 Å². The van der Waals surface area contributed by atoms with Gasteiger partial charge in [0.1, 0.15) is 12.4 Å². The van der Waals surface area contributed by atoms with Gasteiger partial charge in [-0.1, -0.05) is 26.8 Å². The van der Waals surface area contributed by atoms with Crippen LogP contribution in [0.25, 0.3) is 0 Å². The molecular formula is C21H38ClNO3. The van der Waals surface area contributed by atoms with E-state index in [2.05, 4.69) is 59.8 Å². The number of nitrogens with one attached hydrogen (secondary N) is 1. The van der Waals surface area contributed by atoms with Crippen LogP contribution in [0.15, 0.2) is 18.2 Å². The van der Waals surface area contributed by atoms with E-state index in [-0.39, 0.29) is 23.4 Å². The van der Waals surface area contributed by atoms with Gasteiger partial charge in [-0.05, 0) is 62.8 Å². The van der Waals surface area contributed by atoms with Crippen LogP contribution in [0.3, 0.4) is 0 Å². The second-order valence-electron chi connectivity index (χ2n) is 8.83. The van der Waals surface area contributed by atoms with Gasteiger partial charge in [0.2, 0.25) is 0 Å². The number of aryl methyl sites for hydroxylation is 2. The molecule has 1 aromatic carbocycles. The predicted molar refractivity (Wildman–Crippen MR) is 112 cm³/mol. The largest absolute Gasteiger partial charge is 0.491 e. The second kappa shape index (κ2) is 11.1. The number of hydrogen-bond donors (Lipinski definition) is 2. The van der Waals surface area contributed by atoms with Gasteiger partial charge in [-0.3, -0.25) is 0 Å². The quantitative estimate of drug-likeness (QED) is 0.588. The Bertz CT molecular complexity index is 526. The zero-order valence-electron chi connectivity index (χ0n) is 17.5. The zero-order valence-corrected chi connectivity index (χ0v) is 18.3. The number of benzene rings is 1. The summed E-state index contributed by atoms with van der Waals surface area (Å²) >= 11 is 0. The van der Waals surface area contributed by atoms with Crippen molar-refractivity contribution in [1.82, 2.24) is 5.32 Å². The molecule has 1 unspecified atom stereocenters. The molecule has 0 saturated heterocycles. The minimum absolute atomic E-state index is 0. The molecule has 1 atom stereocenters. The summed E-state index contributed by atoms with van der Waals surface area (Å²) < 4.78 is 11.2. The topological polar surface area (TPSA) is 50.7 Å². The first-order valence-corrected chi connectivity index (χ1v) is 9.19. The van der Waals surface area contributed by atoms with Crippen LogP contribution in [0.5, 0.6) is 5.75 Å². The first-order chi connectivity index (χ1) is 11.5. The molecule has 2 N–H and O–H groups in total. The summed E-state index contributed by atoms with van der Waals surface area (Å²) in [5, 5.41) is 13.5. The lowest BCUT2D eigenvalue weighted by Gasteiger charge is -2.34. The van der Waals surface area contributed by atoms with Crippen molar-refractivity contribution in [2.75, 3.05) is 26.4 Å². The zero-order chi connectivity index (χ0) is 19.1. The molecular weight excluding hydrogens is 350 g/mol. The lowest BCUT2D eigenvalue weighted by atomic mass is 9.82. The Kier molecular flexibility index (Phi) is 10.8. The van der Waals surface area contributed by atoms with Gasteiger partial charge in [0.05, 0.1) is 19.3 Å². The molecule has 152 valence electrons. The number of halogens is 1. The third-order valence-electron chi connectivity index (χ3n) is 4.07. The molecule has 0 aliphatic carbocycles. The van der Waals surface area contributed by atoms with Crippen LogP contribution in [-0.4, -0.2) is 43.1 Å². The van der Waals surface area contributed by atoms with Crippen molar-refractivity contribution in [1.29, 1.82) is 0 Å². The van der Waals surface area contributed by atoms with Gasteiger partial charge in [-0.25, -0.2) is 0 Å². The molecule has 4 nitrogen and oxygen atoms in total. The summed E-state index contributed by atoms with van der Waals surface area (Å²) in [4.78, 5) is 0. The Labute approximate surface area is 166 Å². The van der Waals surface area contributed by atoms with Crippen LogP contribution in [-0.2, 0) is 4.74 Å². The highest BCUT2D eigenvalue weighted by Crippen LogP contribution is 2.26. The van der Waals surface area contributed by atoms with Crippen molar-refractivity contribution in [3.8, 4) is 5.75 Å². The Morgan fingerprint density at radius 3 is 2.27 bits per heavy atom. The smallest absolute Gasteiger partial charge is 0.119 e. The maximum absolute atomic E-state index is 10.1. The summed E-state index contributed by atoms with van der Waals surface area (Å²) in [5.41, 5.74) is 2.72. The Balaban J connectivity index is 0.00000625. The molecule has 0 radical (unpaired) electrons. The molecule has 0 aliphatic heterocycles. The molecule has 1 aromatic rings. The molecule has 5 heteroatoms. The van der Waals surface area contributed by atoms with E-state index >= 15 is 0 Å². The highest BCUT2D eigenvalue weighted by molar-refractivity contribution is 5.85. The van der Waals surface area contributed by atoms with E-state index in [1.54, 1.807) is 0 Å². The molecule has 0 spiro atoms. The third-order valence-corrected chi connectivity index (χ3v) is 4.07. The summed E-state index contributed by atoms with van der Waals surface area (Å²) in [5.74, 6) is 0.859. The average Bonchev–Trinajstić information content (AvgIpc) is 2.46. The fourth-order valence-electron chi connectivity index (χ4n) is 3.08. The van der Waals surface area contributed by atoms with Crippen molar-refractivity contribution in [2.24, 2.45) is 5.41 Å². The Morgan fingerprint density at radius 1 is 1.04 bits per heavy atom. The van der Waals surface area contributed by atoms with Crippen molar-refractivity contribution >= 4 is 12.4 Å². The molecule has 0 bridgehead atoms. The van der Waals surface area contributed by atoms with Crippen molar-refractivity contribution in [3.63, 3.8) is 0 Å². The number of ether oxygens (including phenoxy) is 2. The molecule has 0 amide bonds. The van der Waals surface area contributed by atoms with Gasteiger partial charge in [0.15, 0.2) is 0 Å². The SMILES string of the molecule is Cc1ccc(OCCOCC(O)CNC(C)(C)CC(C)(C)C)cc1C.Cl. The van der Waals surface area contributed by atoms with E-state index in [4.69, 9.17) is 9.47 Å². The highest BCUT2D eigenvalue weighted by atomic mass is 35.5. The fourth-order valence-corrected chi connectivity index (χ4v) is 3.08. The van der Waals surface area contributed by atoms with E-state index in [9.17, 15) is 5.11 Å². The summed E-state index contributed by atoms with van der Waals surface area (Å²) in [7, 11) is 0. The van der Waals surface area contributed by atoms with Crippen molar-refractivity contribution < 1.29 is 14.6 Å². The summed E-state index contributed by atoms with van der Waals surface area (Å²) in [6.07, 6.45) is 0.526. The highest BCUT2D eigenvalue weighted by Gasteiger charge is 2.25. The standard InChI is InChI=1S/C21H37NO3.ClH/c1-16-8-9-19(12-17(16)2)25-11-10-24-14-18(23)13-22-21(6,7)15-20(3,4)5;/h8-9,12,18,22-23H,10-11,13-15H2,1-7H3;1H. The average molecular weight is 388 g/mol. The van der Waals surface area contributed by atoms with Gasteiger partial charge in [0, 0.05) is 12.1 Å². The van der Waals surface area contributed by atoms with Gasteiger partial charge in [-0.15, -0.1) is 12.4 Å². The van der Waals surface area contributed by atoms with Crippen LogP contribution in [0.2, 0.25) is 0 Å². The number of aliphatic hydroxyl groups is 1. The van der Waals surface area contributed by atoms with Gasteiger partial charge >= 0.3 is 0 Å². The van der Waals surface area contributed by atoms with E-state index in [0.29, 0.717) is 26.4 Å². The van der Waals surface area contributed by atoms with Crippen LogP contribution < -0.4 is 10.1 Å². The van der Waals surface area contributed by atoms with Crippen molar-refractivity contribution in [2.45, 2.75) is 66.5 Å². The van der Waals surface area contributed by atoms with Crippen LogP contribution >= 0.6 is 12.4 Å². The normalized spacial score (nSPS) is 13.2. The minimum Gasteiger partial charge on any atom is -0.491 e. The van der Waals surface area contributed by atoms with E-state index in [1.165, 1.54) is 11.1 Å². The Morgan fingerprint density at radius 2 is 1.69 bits per heavy atom. The molecule has 0 saturated carbocycles. The number of aliphatic hydroxyl groups excluding tert-OH is 1. The number of hydrogen-bond acceptors (Lipinski definition) is 4. The molecule has 26 heavy (non-hydrogen) atoms.